The zero-order valence-electron chi connectivity index (χ0n) is 23.0. The second-order valence-corrected chi connectivity index (χ2v) is 10.6. The van der Waals surface area contributed by atoms with Gasteiger partial charge in [0.1, 0.15) is 0 Å². The van der Waals surface area contributed by atoms with Crippen LogP contribution in [0.4, 0.5) is 0 Å². The zero-order chi connectivity index (χ0) is 24.2. The molecule has 0 aliphatic heterocycles. The molecule has 0 bridgehead atoms. The van der Waals surface area contributed by atoms with E-state index in [1.54, 1.807) is 0 Å². The fourth-order valence-corrected chi connectivity index (χ4v) is 4.31. The Morgan fingerprint density at radius 1 is 0.606 bits per heavy atom. The van der Waals surface area contributed by atoms with Crippen LogP contribution in [0.1, 0.15) is 168 Å². The Hall–Kier alpha value is -0.790. The van der Waals surface area contributed by atoms with Crippen LogP contribution < -0.4 is 0 Å². The molecule has 0 heterocycles. The number of carbonyl (C=O) groups is 1. The lowest BCUT2D eigenvalue weighted by Gasteiger charge is -2.06. The summed E-state index contributed by atoms with van der Waals surface area (Å²) in [7, 11) is 0. The Balaban J connectivity index is 3.21. The predicted molar refractivity (Wildman–Crippen MR) is 147 cm³/mol. The highest BCUT2D eigenvalue weighted by Gasteiger charge is 2.02. The molecule has 0 aliphatic carbocycles. The number of rotatable bonds is 26. The summed E-state index contributed by atoms with van der Waals surface area (Å²) in [4.78, 5) is 11.8. The first kappa shape index (κ1) is 32.2. The third-order valence-corrected chi connectivity index (χ3v) is 6.58. The minimum absolute atomic E-state index is 0.0118. The first-order valence-electron chi connectivity index (χ1n) is 15.0. The number of hydrogen-bond acceptors (Lipinski definition) is 2. The Bertz CT molecular complexity index is 413. The van der Waals surface area contributed by atoms with Crippen molar-refractivity contribution in [1.29, 1.82) is 0 Å². The van der Waals surface area contributed by atoms with Crippen molar-refractivity contribution in [2.45, 2.75) is 168 Å². The molecule has 0 fully saturated rings. The molecule has 0 saturated carbocycles. The highest BCUT2D eigenvalue weighted by atomic mass is 16.5. The predicted octanol–water partition coefficient (Wildman–Crippen LogP) is 10.7. The summed E-state index contributed by atoms with van der Waals surface area (Å²) in [6.07, 6.45) is 33.9. The largest absolute Gasteiger partial charge is 0.466 e. The molecule has 0 N–H and O–H groups in total. The van der Waals surface area contributed by atoms with Crippen molar-refractivity contribution < 1.29 is 9.53 Å². The van der Waals surface area contributed by atoms with Gasteiger partial charge in [-0.15, -0.1) is 0 Å². The van der Waals surface area contributed by atoms with Gasteiger partial charge < -0.3 is 4.74 Å². The molecule has 0 aromatic rings. The molecule has 33 heavy (non-hydrogen) atoms. The molecule has 0 spiro atoms. The topological polar surface area (TPSA) is 26.3 Å². The van der Waals surface area contributed by atoms with Crippen molar-refractivity contribution in [3.05, 3.63) is 12.2 Å². The smallest absolute Gasteiger partial charge is 0.305 e. The summed E-state index contributed by atoms with van der Waals surface area (Å²) >= 11 is 0. The number of hydrogen-bond donors (Lipinski definition) is 0. The Morgan fingerprint density at radius 2 is 1.06 bits per heavy atom. The van der Waals surface area contributed by atoms with E-state index in [1.807, 2.05) is 0 Å². The fourth-order valence-electron chi connectivity index (χ4n) is 4.31. The number of esters is 1. The molecule has 0 aromatic carbocycles. The Kier molecular flexibility index (Phi) is 26.8. The normalized spacial score (nSPS) is 11.6. The SMILES string of the molecule is CCCCCCCC/C=C/CCCCCCCC(=O)OCCCCCCCCCCC(C)C. The molecule has 0 saturated heterocycles. The van der Waals surface area contributed by atoms with Crippen LogP contribution in [0.5, 0.6) is 0 Å². The average molecular weight is 465 g/mol. The van der Waals surface area contributed by atoms with Crippen molar-refractivity contribution in [1.82, 2.24) is 0 Å². The third kappa shape index (κ3) is 29.2. The van der Waals surface area contributed by atoms with Crippen LogP contribution in [-0.4, -0.2) is 12.6 Å². The van der Waals surface area contributed by atoms with Crippen LogP contribution in [0.2, 0.25) is 0 Å². The highest BCUT2D eigenvalue weighted by Crippen LogP contribution is 2.13. The molecule has 0 atom stereocenters. The van der Waals surface area contributed by atoms with Gasteiger partial charge in [-0.05, 0) is 44.4 Å². The van der Waals surface area contributed by atoms with Crippen molar-refractivity contribution in [2.24, 2.45) is 5.92 Å². The monoisotopic (exact) mass is 464 g/mol. The van der Waals surface area contributed by atoms with E-state index < -0.39 is 0 Å². The average Bonchev–Trinajstić information content (AvgIpc) is 2.79. The number of unbranched alkanes of at least 4 members (excludes halogenated alkanes) is 18. The van der Waals surface area contributed by atoms with Crippen LogP contribution >= 0.6 is 0 Å². The van der Waals surface area contributed by atoms with Gasteiger partial charge in [-0.1, -0.05) is 136 Å². The van der Waals surface area contributed by atoms with Crippen molar-refractivity contribution >= 4 is 5.97 Å². The molecular weight excluding hydrogens is 404 g/mol. The van der Waals surface area contributed by atoms with Crippen LogP contribution in [0.3, 0.4) is 0 Å². The maximum Gasteiger partial charge on any atom is 0.305 e. The second-order valence-electron chi connectivity index (χ2n) is 10.6. The van der Waals surface area contributed by atoms with Crippen LogP contribution in [0, 0.1) is 5.92 Å². The highest BCUT2D eigenvalue weighted by molar-refractivity contribution is 5.69. The summed E-state index contributed by atoms with van der Waals surface area (Å²) in [6.45, 7) is 7.52. The van der Waals surface area contributed by atoms with E-state index in [1.165, 1.54) is 122 Å². The lowest BCUT2D eigenvalue weighted by molar-refractivity contribution is -0.143. The zero-order valence-corrected chi connectivity index (χ0v) is 23.0. The van der Waals surface area contributed by atoms with E-state index in [0.717, 1.165) is 25.2 Å². The van der Waals surface area contributed by atoms with Gasteiger partial charge in [0, 0.05) is 6.42 Å². The number of carbonyl (C=O) groups excluding carboxylic acids is 1. The lowest BCUT2D eigenvalue weighted by Crippen LogP contribution is -2.05. The lowest BCUT2D eigenvalue weighted by atomic mass is 10.0. The van der Waals surface area contributed by atoms with Crippen LogP contribution in [0.15, 0.2) is 12.2 Å². The molecule has 0 amide bonds. The standard InChI is InChI=1S/C31H60O2/c1-4-5-6-7-8-9-10-11-12-13-14-15-19-22-25-28-31(32)33-29-26-23-20-17-16-18-21-24-27-30(2)3/h11-12,30H,4-10,13-29H2,1-3H3/b12-11+. The molecule has 2 nitrogen and oxygen atoms in total. The van der Waals surface area contributed by atoms with Crippen molar-refractivity contribution in [3.63, 3.8) is 0 Å². The quantitative estimate of drug-likeness (QED) is 0.0722. The van der Waals surface area contributed by atoms with Crippen LogP contribution in [-0.2, 0) is 9.53 Å². The van der Waals surface area contributed by atoms with Crippen molar-refractivity contribution in [3.8, 4) is 0 Å². The summed E-state index contributed by atoms with van der Waals surface area (Å²) in [5.41, 5.74) is 0. The fraction of sp³-hybridized carbons (Fsp3) is 0.903. The van der Waals surface area contributed by atoms with Gasteiger partial charge in [0.15, 0.2) is 0 Å². The first-order valence-corrected chi connectivity index (χ1v) is 15.0. The summed E-state index contributed by atoms with van der Waals surface area (Å²) < 4.78 is 5.40. The Labute approximate surface area is 208 Å². The summed E-state index contributed by atoms with van der Waals surface area (Å²) in [5.74, 6) is 0.863. The van der Waals surface area contributed by atoms with Gasteiger partial charge in [0.05, 0.1) is 6.61 Å². The van der Waals surface area contributed by atoms with Gasteiger partial charge >= 0.3 is 5.97 Å². The minimum atomic E-state index is 0.0118. The molecule has 0 unspecified atom stereocenters. The minimum Gasteiger partial charge on any atom is -0.466 e. The van der Waals surface area contributed by atoms with E-state index in [0.29, 0.717) is 13.0 Å². The van der Waals surface area contributed by atoms with E-state index in [2.05, 4.69) is 32.9 Å². The first-order chi connectivity index (χ1) is 16.2. The maximum atomic E-state index is 11.8. The number of ether oxygens (including phenoxy) is 1. The second kappa shape index (κ2) is 27.5. The van der Waals surface area contributed by atoms with E-state index in [9.17, 15) is 4.79 Å². The van der Waals surface area contributed by atoms with Crippen LogP contribution in [0.25, 0.3) is 0 Å². The van der Waals surface area contributed by atoms with Gasteiger partial charge in [-0.3, -0.25) is 4.79 Å². The molecule has 196 valence electrons. The summed E-state index contributed by atoms with van der Waals surface area (Å²) in [5, 5.41) is 0. The Morgan fingerprint density at radius 3 is 1.61 bits per heavy atom. The van der Waals surface area contributed by atoms with Crippen molar-refractivity contribution in [2.75, 3.05) is 6.61 Å². The van der Waals surface area contributed by atoms with E-state index >= 15 is 0 Å². The van der Waals surface area contributed by atoms with E-state index in [4.69, 9.17) is 4.74 Å². The number of allylic oxidation sites excluding steroid dienone is 2. The summed E-state index contributed by atoms with van der Waals surface area (Å²) in [6, 6.07) is 0. The van der Waals surface area contributed by atoms with E-state index in [-0.39, 0.29) is 5.97 Å². The molecular formula is C31H60O2. The molecule has 0 aromatic heterocycles. The molecule has 0 radical (unpaired) electrons. The van der Waals surface area contributed by atoms with Gasteiger partial charge in [-0.25, -0.2) is 0 Å². The molecule has 2 heteroatoms. The maximum absolute atomic E-state index is 11.8. The third-order valence-electron chi connectivity index (χ3n) is 6.58. The molecule has 0 aliphatic rings. The van der Waals surface area contributed by atoms with Gasteiger partial charge in [0.25, 0.3) is 0 Å². The van der Waals surface area contributed by atoms with Gasteiger partial charge in [-0.2, -0.15) is 0 Å². The molecule has 0 rings (SSSR count). The van der Waals surface area contributed by atoms with Gasteiger partial charge in [0.2, 0.25) is 0 Å².